The van der Waals surface area contributed by atoms with Gasteiger partial charge in [-0.15, -0.1) is 11.8 Å². The largest absolute Gasteiger partial charge is 0.326 e. The van der Waals surface area contributed by atoms with Gasteiger partial charge in [-0.2, -0.15) is 0 Å². The highest BCUT2D eigenvalue weighted by molar-refractivity contribution is 7.98. The van der Waals surface area contributed by atoms with Crippen molar-refractivity contribution in [2.45, 2.75) is 23.6 Å². The minimum Gasteiger partial charge on any atom is -0.326 e. The Morgan fingerprint density at radius 3 is 2.87 bits per heavy atom. The van der Waals surface area contributed by atoms with E-state index >= 15 is 0 Å². The number of rotatable bonds is 5. The first kappa shape index (κ1) is 16.0. The Bertz CT molecular complexity index is 642. The lowest BCUT2D eigenvalue weighted by molar-refractivity contribution is -0.120. The molecule has 1 amide bonds. The molecule has 0 radical (unpaired) electrons. The summed E-state index contributed by atoms with van der Waals surface area (Å²) in [6.45, 7) is 1.86. The number of nitrogens with one attached hydrogen (secondary N) is 2. The summed E-state index contributed by atoms with van der Waals surface area (Å²) in [5, 5.41) is 7.36. The van der Waals surface area contributed by atoms with E-state index in [9.17, 15) is 4.79 Å². The Balaban J connectivity index is 1.57. The van der Waals surface area contributed by atoms with Crippen molar-refractivity contribution in [3.05, 3.63) is 54.2 Å². The van der Waals surface area contributed by atoms with Gasteiger partial charge in [0.25, 0.3) is 0 Å². The second-order valence-electron chi connectivity index (χ2n) is 5.67. The molecule has 0 atom stereocenters. The number of benzene rings is 1. The Labute approximate surface area is 141 Å². The molecular weight excluding hydrogens is 306 g/mol. The van der Waals surface area contributed by atoms with Crippen LogP contribution in [0.25, 0.3) is 0 Å². The van der Waals surface area contributed by atoms with Gasteiger partial charge in [0, 0.05) is 23.6 Å². The molecule has 4 nitrogen and oxygen atoms in total. The number of pyridine rings is 1. The molecule has 0 unspecified atom stereocenters. The quantitative estimate of drug-likeness (QED) is 0.827. The first-order valence-corrected chi connectivity index (χ1v) is 8.94. The average molecular weight is 327 g/mol. The zero-order chi connectivity index (χ0) is 15.9. The predicted octanol–water partition coefficient (Wildman–Crippen LogP) is 3.31. The first-order chi connectivity index (χ1) is 11.3. The zero-order valence-corrected chi connectivity index (χ0v) is 13.8. The van der Waals surface area contributed by atoms with E-state index in [1.807, 2.05) is 30.3 Å². The summed E-state index contributed by atoms with van der Waals surface area (Å²) in [6.07, 6.45) is 3.64. The van der Waals surface area contributed by atoms with E-state index in [1.165, 1.54) is 5.56 Å². The van der Waals surface area contributed by atoms with Crippen molar-refractivity contribution >= 4 is 23.4 Å². The fourth-order valence-corrected chi connectivity index (χ4v) is 3.46. The van der Waals surface area contributed by atoms with Crippen LogP contribution in [0.15, 0.2) is 53.7 Å². The van der Waals surface area contributed by atoms with Gasteiger partial charge in [0.2, 0.25) is 5.91 Å². The lowest BCUT2D eigenvalue weighted by atomic mass is 9.97. The van der Waals surface area contributed by atoms with Gasteiger partial charge >= 0.3 is 0 Å². The molecule has 1 aromatic carbocycles. The maximum absolute atomic E-state index is 12.3. The molecular formula is C18H21N3OS. The number of anilines is 1. The van der Waals surface area contributed by atoms with Crippen LogP contribution in [0.4, 0.5) is 5.69 Å². The number of aromatic nitrogens is 1. The van der Waals surface area contributed by atoms with Gasteiger partial charge in [0.15, 0.2) is 0 Å². The van der Waals surface area contributed by atoms with Crippen molar-refractivity contribution in [1.29, 1.82) is 0 Å². The second-order valence-corrected chi connectivity index (χ2v) is 6.67. The topological polar surface area (TPSA) is 54.0 Å². The van der Waals surface area contributed by atoms with E-state index in [1.54, 1.807) is 18.0 Å². The molecule has 1 fully saturated rings. The van der Waals surface area contributed by atoms with Crippen molar-refractivity contribution in [2.75, 3.05) is 18.4 Å². The summed E-state index contributed by atoms with van der Waals surface area (Å²) in [4.78, 5) is 16.6. The zero-order valence-electron chi connectivity index (χ0n) is 13.0. The fraction of sp³-hybridized carbons (Fsp3) is 0.333. The Morgan fingerprint density at radius 2 is 2.09 bits per heavy atom. The molecule has 0 spiro atoms. The van der Waals surface area contributed by atoms with Crippen LogP contribution in [0.2, 0.25) is 0 Å². The molecule has 120 valence electrons. The predicted molar refractivity (Wildman–Crippen MR) is 94.5 cm³/mol. The third-order valence-corrected chi connectivity index (χ3v) is 4.94. The lowest BCUT2D eigenvalue weighted by Gasteiger charge is -2.21. The number of piperidine rings is 1. The highest BCUT2D eigenvalue weighted by atomic mass is 32.2. The van der Waals surface area contributed by atoms with Gasteiger partial charge < -0.3 is 10.6 Å². The summed E-state index contributed by atoms with van der Waals surface area (Å²) in [5.41, 5.74) is 2.07. The van der Waals surface area contributed by atoms with Crippen LogP contribution in [0.3, 0.4) is 0 Å². The third kappa shape index (κ3) is 4.81. The van der Waals surface area contributed by atoms with Gasteiger partial charge in [0.05, 0.1) is 5.03 Å². The fourth-order valence-electron chi connectivity index (χ4n) is 2.66. The number of thioether (sulfide) groups is 1. The minimum atomic E-state index is 0.128. The minimum absolute atomic E-state index is 0.128. The molecule has 0 aliphatic carbocycles. The first-order valence-electron chi connectivity index (χ1n) is 7.95. The van der Waals surface area contributed by atoms with Crippen LogP contribution >= 0.6 is 11.8 Å². The van der Waals surface area contributed by atoms with E-state index in [4.69, 9.17) is 0 Å². The van der Waals surface area contributed by atoms with Crippen molar-refractivity contribution in [1.82, 2.24) is 10.3 Å². The maximum Gasteiger partial charge on any atom is 0.227 e. The lowest BCUT2D eigenvalue weighted by Crippen LogP contribution is -2.34. The number of hydrogen-bond acceptors (Lipinski definition) is 4. The molecule has 1 aliphatic rings. The van der Waals surface area contributed by atoms with Crippen LogP contribution in [0, 0.1) is 5.92 Å². The van der Waals surface area contributed by atoms with Crippen molar-refractivity contribution in [2.24, 2.45) is 5.92 Å². The normalized spacial score (nSPS) is 15.3. The maximum atomic E-state index is 12.3. The van der Waals surface area contributed by atoms with Crippen molar-refractivity contribution in [3.8, 4) is 0 Å². The van der Waals surface area contributed by atoms with Crippen LogP contribution in [-0.4, -0.2) is 24.0 Å². The smallest absolute Gasteiger partial charge is 0.227 e. The molecule has 3 rings (SSSR count). The number of nitrogens with zero attached hydrogens (tertiary/aromatic N) is 1. The summed E-state index contributed by atoms with van der Waals surface area (Å²) < 4.78 is 0. The molecule has 1 aromatic heterocycles. The molecule has 2 N–H and O–H groups in total. The van der Waals surface area contributed by atoms with Crippen LogP contribution < -0.4 is 10.6 Å². The standard InChI is InChI=1S/C18H21N3OS/c22-18(15-7-10-19-11-8-15)21-16-5-3-4-14(12-16)13-23-17-6-1-2-9-20-17/h1-6,9,12,15,19H,7-8,10-11,13H2,(H,21,22). The average Bonchev–Trinajstić information content (AvgIpc) is 2.62. The van der Waals surface area contributed by atoms with Crippen LogP contribution in [-0.2, 0) is 10.5 Å². The van der Waals surface area contributed by atoms with Gasteiger partial charge in [-0.05, 0) is 55.8 Å². The molecule has 0 bridgehead atoms. The highest BCUT2D eigenvalue weighted by Crippen LogP contribution is 2.22. The van der Waals surface area contributed by atoms with Gasteiger partial charge in [-0.1, -0.05) is 18.2 Å². The summed E-state index contributed by atoms with van der Waals surface area (Å²) >= 11 is 1.70. The van der Waals surface area contributed by atoms with Crippen LogP contribution in [0.1, 0.15) is 18.4 Å². The number of carbonyl (C=O) groups excluding carboxylic acids is 1. The van der Waals surface area contributed by atoms with Crippen molar-refractivity contribution < 1.29 is 4.79 Å². The van der Waals surface area contributed by atoms with E-state index in [-0.39, 0.29) is 11.8 Å². The Hall–Kier alpha value is -1.85. The van der Waals surface area contributed by atoms with E-state index < -0.39 is 0 Å². The number of hydrogen-bond donors (Lipinski definition) is 2. The third-order valence-electron chi connectivity index (χ3n) is 3.93. The van der Waals surface area contributed by atoms with Gasteiger partial charge in [-0.3, -0.25) is 4.79 Å². The second kappa shape index (κ2) is 8.13. The Kier molecular flexibility index (Phi) is 5.66. The number of carbonyl (C=O) groups is 1. The summed E-state index contributed by atoms with van der Waals surface area (Å²) in [5.74, 6) is 1.11. The van der Waals surface area contributed by atoms with Crippen molar-refractivity contribution in [3.63, 3.8) is 0 Å². The molecule has 2 aromatic rings. The van der Waals surface area contributed by atoms with Crippen LogP contribution in [0.5, 0.6) is 0 Å². The molecule has 2 heterocycles. The summed E-state index contributed by atoms with van der Waals surface area (Å²) in [7, 11) is 0. The van der Waals surface area contributed by atoms with E-state index in [0.29, 0.717) is 0 Å². The van der Waals surface area contributed by atoms with Gasteiger partial charge in [-0.25, -0.2) is 4.98 Å². The monoisotopic (exact) mass is 327 g/mol. The highest BCUT2D eigenvalue weighted by Gasteiger charge is 2.20. The molecule has 23 heavy (non-hydrogen) atoms. The SMILES string of the molecule is O=C(Nc1cccc(CSc2ccccn2)c1)C1CCNCC1. The number of amides is 1. The molecule has 1 saturated heterocycles. The summed E-state index contributed by atoms with van der Waals surface area (Å²) in [6, 6.07) is 14.0. The van der Waals surface area contributed by atoms with E-state index in [2.05, 4.69) is 27.8 Å². The molecule has 5 heteroatoms. The molecule has 0 saturated carbocycles. The van der Waals surface area contributed by atoms with E-state index in [0.717, 1.165) is 42.4 Å². The van der Waals surface area contributed by atoms with Gasteiger partial charge in [0.1, 0.15) is 0 Å². The Morgan fingerprint density at radius 1 is 1.22 bits per heavy atom. The molecule has 1 aliphatic heterocycles.